The van der Waals surface area contributed by atoms with Crippen LogP contribution < -0.4 is 10.1 Å². The van der Waals surface area contributed by atoms with E-state index in [-0.39, 0.29) is 11.6 Å². The third-order valence-corrected chi connectivity index (χ3v) is 3.68. The standard InChI is InChI=1S/C19H22N2O3/c1-13-8-7-9-14(2)18(13)24-12-15-10-5-6-11-16(15)17(21-23-4)19(22)20-3/h5-11H,12H2,1-4H3,(H,20,22)/b21-17-. The summed E-state index contributed by atoms with van der Waals surface area (Å²) in [4.78, 5) is 16.9. The van der Waals surface area contributed by atoms with E-state index in [0.29, 0.717) is 12.2 Å². The van der Waals surface area contributed by atoms with Gasteiger partial charge in [-0.2, -0.15) is 0 Å². The smallest absolute Gasteiger partial charge is 0.273 e. The van der Waals surface area contributed by atoms with E-state index >= 15 is 0 Å². The number of aryl methyl sites for hydroxylation is 2. The summed E-state index contributed by atoms with van der Waals surface area (Å²) in [6.45, 7) is 4.36. The molecule has 0 atom stereocenters. The summed E-state index contributed by atoms with van der Waals surface area (Å²) in [5.41, 5.74) is 3.92. The summed E-state index contributed by atoms with van der Waals surface area (Å²) in [7, 11) is 2.97. The van der Waals surface area contributed by atoms with Gasteiger partial charge in [0.2, 0.25) is 0 Å². The lowest BCUT2D eigenvalue weighted by molar-refractivity contribution is -0.114. The Morgan fingerprint density at radius 3 is 2.38 bits per heavy atom. The Hall–Kier alpha value is -2.82. The van der Waals surface area contributed by atoms with Crippen molar-refractivity contribution in [2.75, 3.05) is 14.2 Å². The van der Waals surface area contributed by atoms with E-state index in [4.69, 9.17) is 9.57 Å². The first-order valence-corrected chi connectivity index (χ1v) is 7.69. The van der Waals surface area contributed by atoms with Gasteiger partial charge in [-0.1, -0.05) is 47.6 Å². The molecule has 0 aliphatic carbocycles. The lowest BCUT2D eigenvalue weighted by Gasteiger charge is -2.14. The number of hydrogen-bond donors (Lipinski definition) is 1. The fraction of sp³-hybridized carbons (Fsp3) is 0.263. The van der Waals surface area contributed by atoms with E-state index in [1.54, 1.807) is 7.05 Å². The summed E-state index contributed by atoms with van der Waals surface area (Å²) in [6.07, 6.45) is 0. The van der Waals surface area contributed by atoms with Crippen molar-refractivity contribution in [3.05, 3.63) is 64.7 Å². The number of amides is 1. The summed E-state index contributed by atoms with van der Waals surface area (Å²) >= 11 is 0. The molecule has 0 heterocycles. The molecule has 2 aromatic rings. The fourth-order valence-corrected chi connectivity index (χ4v) is 2.48. The van der Waals surface area contributed by atoms with Gasteiger partial charge in [0, 0.05) is 12.6 Å². The number of rotatable bonds is 6. The predicted molar refractivity (Wildman–Crippen MR) is 94.3 cm³/mol. The molecule has 0 saturated heterocycles. The molecule has 1 amide bonds. The summed E-state index contributed by atoms with van der Waals surface area (Å²) in [5, 5.41) is 6.44. The molecule has 0 unspecified atom stereocenters. The number of hydrogen-bond acceptors (Lipinski definition) is 4. The minimum absolute atomic E-state index is 0.223. The van der Waals surface area contributed by atoms with Crippen LogP contribution in [0, 0.1) is 13.8 Å². The number of para-hydroxylation sites is 1. The normalized spacial score (nSPS) is 11.1. The van der Waals surface area contributed by atoms with Crippen LogP contribution in [0.15, 0.2) is 47.6 Å². The molecule has 0 bridgehead atoms. The highest BCUT2D eigenvalue weighted by Crippen LogP contribution is 2.24. The maximum absolute atomic E-state index is 12.1. The molecular formula is C19H22N2O3. The molecule has 0 aliphatic heterocycles. The molecule has 1 N–H and O–H groups in total. The van der Waals surface area contributed by atoms with Gasteiger partial charge in [0.25, 0.3) is 5.91 Å². The monoisotopic (exact) mass is 326 g/mol. The molecule has 0 radical (unpaired) electrons. The van der Waals surface area contributed by atoms with Crippen LogP contribution in [0.3, 0.4) is 0 Å². The summed E-state index contributed by atoms with van der Waals surface area (Å²) in [5.74, 6) is 0.550. The van der Waals surface area contributed by atoms with E-state index in [1.807, 2.05) is 56.3 Å². The van der Waals surface area contributed by atoms with Crippen molar-refractivity contribution >= 4 is 11.6 Å². The highest BCUT2D eigenvalue weighted by Gasteiger charge is 2.17. The first-order valence-electron chi connectivity index (χ1n) is 7.69. The fourth-order valence-electron chi connectivity index (χ4n) is 2.48. The molecule has 126 valence electrons. The summed E-state index contributed by atoms with van der Waals surface area (Å²) < 4.78 is 6.01. The summed E-state index contributed by atoms with van der Waals surface area (Å²) in [6, 6.07) is 13.5. The maximum atomic E-state index is 12.1. The van der Waals surface area contributed by atoms with Crippen molar-refractivity contribution in [2.45, 2.75) is 20.5 Å². The number of ether oxygens (including phenoxy) is 1. The van der Waals surface area contributed by atoms with Gasteiger partial charge in [-0.25, -0.2) is 0 Å². The van der Waals surface area contributed by atoms with Crippen LogP contribution in [0.5, 0.6) is 5.75 Å². The van der Waals surface area contributed by atoms with E-state index in [1.165, 1.54) is 7.11 Å². The van der Waals surface area contributed by atoms with Gasteiger partial charge in [-0.05, 0) is 30.5 Å². The van der Waals surface area contributed by atoms with Crippen molar-refractivity contribution in [1.29, 1.82) is 0 Å². The molecule has 5 nitrogen and oxygen atoms in total. The number of benzene rings is 2. The van der Waals surface area contributed by atoms with Gasteiger partial charge in [0.1, 0.15) is 19.5 Å². The van der Waals surface area contributed by atoms with Gasteiger partial charge >= 0.3 is 0 Å². The average molecular weight is 326 g/mol. The van der Waals surface area contributed by atoms with Gasteiger partial charge in [-0.15, -0.1) is 0 Å². The van der Waals surface area contributed by atoms with Crippen molar-refractivity contribution in [1.82, 2.24) is 5.32 Å². The number of likely N-dealkylation sites (N-methyl/N-ethyl adjacent to an activating group) is 1. The van der Waals surface area contributed by atoms with Crippen molar-refractivity contribution in [2.24, 2.45) is 5.16 Å². The number of nitrogens with one attached hydrogen (secondary N) is 1. The highest BCUT2D eigenvalue weighted by molar-refractivity contribution is 6.45. The quantitative estimate of drug-likeness (QED) is 0.656. The zero-order chi connectivity index (χ0) is 17.5. The van der Waals surface area contributed by atoms with Crippen LogP contribution in [0.2, 0.25) is 0 Å². The van der Waals surface area contributed by atoms with E-state index < -0.39 is 0 Å². The van der Waals surface area contributed by atoms with Crippen LogP contribution >= 0.6 is 0 Å². The number of nitrogens with zero attached hydrogens (tertiary/aromatic N) is 1. The minimum Gasteiger partial charge on any atom is -0.488 e. The first-order chi connectivity index (χ1) is 11.6. The molecule has 0 aromatic heterocycles. The lowest BCUT2D eigenvalue weighted by Crippen LogP contribution is -2.29. The van der Waals surface area contributed by atoms with Crippen LogP contribution in [-0.2, 0) is 16.2 Å². The van der Waals surface area contributed by atoms with Crippen molar-refractivity contribution < 1.29 is 14.4 Å². The second-order valence-corrected chi connectivity index (χ2v) is 5.37. The Bertz CT molecular complexity index is 734. The van der Waals surface area contributed by atoms with Crippen LogP contribution in [-0.4, -0.2) is 25.8 Å². The van der Waals surface area contributed by atoms with E-state index in [2.05, 4.69) is 10.5 Å². The topological polar surface area (TPSA) is 59.9 Å². The Kier molecular flexibility index (Phi) is 5.95. The third-order valence-electron chi connectivity index (χ3n) is 3.68. The van der Waals surface area contributed by atoms with Crippen LogP contribution in [0.1, 0.15) is 22.3 Å². The van der Waals surface area contributed by atoms with Crippen molar-refractivity contribution in [3.63, 3.8) is 0 Å². The molecule has 5 heteroatoms. The average Bonchev–Trinajstić information content (AvgIpc) is 2.59. The van der Waals surface area contributed by atoms with Gasteiger partial charge in [0.05, 0.1) is 0 Å². The van der Waals surface area contributed by atoms with Gasteiger partial charge in [0.15, 0.2) is 5.71 Å². The molecule has 0 saturated carbocycles. The molecule has 0 spiro atoms. The molecule has 2 aromatic carbocycles. The van der Waals surface area contributed by atoms with Crippen molar-refractivity contribution in [3.8, 4) is 5.75 Å². The third kappa shape index (κ3) is 3.93. The Morgan fingerprint density at radius 1 is 1.08 bits per heavy atom. The Balaban J connectivity index is 2.32. The predicted octanol–water partition coefficient (Wildman–Crippen LogP) is 2.98. The Morgan fingerprint density at radius 2 is 1.75 bits per heavy atom. The molecule has 2 rings (SSSR count). The lowest BCUT2D eigenvalue weighted by atomic mass is 10.0. The number of carbonyl (C=O) groups is 1. The van der Waals surface area contributed by atoms with Gasteiger partial charge < -0.3 is 14.9 Å². The van der Waals surface area contributed by atoms with E-state index in [9.17, 15) is 4.79 Å². The van der Waals surface area contributed by atoms with Crippen LogP contribution in [0.25, 0.3) is 0 Å². The second-order valence-electron chi connectivity index (χ2n) is 5.37. The Labute approximate surface area is 142 Å². The minimum atomic E-state index is -0.309. The first kappa shape index (κ1) is 17.5. The molecule has 0 aliphatic rings. The maximum Gasteiger partial charge on any atom is 0.273 e. The largest absolute Gasteiger partial charge is 0.488 e. The zero-order valence-corrected chi connectivity index (χ0v) is 14.4. The van der Waals surface area contributed by atoms with Gasteiger partial charge in [-0.3, -0.25) is 4.79 Å². The molecule has 0 fully saturated rings. The molecule has 24 heavy (non-hydrogen) atoms. The SMILES string of the molecule is CNC(=O)/C(=N\OC)c1ccccc1COc1c(C)cccc1C. The molecular weight excluding hydrogens is 304 g/mol. The highest BCUT2D eigenvalue weighted by atomic mass is 16.6. The number of carbonyl (C=O) groups excluding carboxylic acids is 1. The second kappa shape index (κ2) is 8.15. The number of oxime groups is 1. The zero-order valence-electron chi connectivity index (χ0n) is 14.4. The van der Waals surface area contributed by atoms with Crippen LogP contribution in [0.4, 0.5) is 0 Å². The van der Waals surface area contributed by atoms with E-state index in [0.717, 1.165) is 22.4 Å².